The minimum Gasteiger partial charge on any atom is -0.355 e. The quantitative estimate of drug-likeness (QED) is 0.846. The predicted octanol–water partition coefficient (Wildman–Crippen LogP) is 3.66. The fraction of sp³-hybridized carbons (Fsp3) is 0.364. The van der Waals surface area contributed by atoms with Crippen molar-refractivity contribution < 1.29 is 14.0 Å². The standard InChI is InChI=1S/C22H25FN2O2/c1-15(2)18-8-4-6-10-20(18)25-14-17(13-21(25)26)22(27)24-12-11-16-7-3-5-9-19(16)23/h3-10,15,17H,11-14H2,1-2H3,(H,24,27). The molecule has 1 unspecified atom stereocenters. The van der Waals surface area contributed by atoms with E-state index in [1.165, 1.54) is 6.07 Å². The van der Waals surface area contributed by atoms with Gasteiger partial charge in [0.25, 0.3) is 0 Å². The van der Waals surface area contributed by atoms with Crippen LogP contribution in [0.4, 0.5) is 10.1 Å². The SMILES string of the molecule is CC(C)c1ccccc1N1CC(C(=O)NCCc2ccccc2F)CC1=O. The summed E-state index contributed by atoms with van der Waals surface area (Å²) in [5.74, 6) is -0.526. The van der Waals surface area contributed by atoms with Crippen LogP contribution in [-0.4, -0.2) is 24.9 Å². The molecule has 27 heavy (non-hydrogen) atoms. The van der Waals surface area contributed by atoms with Crippen molar-refractivity contribution in [3.05, 3.63) is 65.5 Å². The monoisotopic (exact) mass is 368 g/mol. The summed E-state index contributed by atoms with van der Waals surface area (Å²) in [6.45, 7) is 4.92. The molecule has 142 valence electrons. The Morgan fingerprint density at radius 2 is 1.89 bits per heavy atom. The number of hydrogen-bond donors (Lipinski definition) is 1. The molecule has 2 aromatic carbocycles. The molecule has 3 rings (SSSR count). The molecule has 0 aromatic heterocycles. The van der Waals surface area contributed by atoms with Crippen LogP contribution in [0.5, 0.6) is 0 Å². The maximum absolute atomic E-state index is 13.6. The van der Waals surface area contributed by atoms with Crippen molar-refractivity contribution in [3.8, 4) is 0 Å². The number of benzene rings is 2. The second-order valence-corrected chi connectivity index (χ2v) is 7.25. The average Bonchev–Trinajstić information content (AvgIpc) is 3.05. The summed E-state index contributed by atoms with van der Waals surface area (Å²) in [6.07, 6.45) is 0.636. The second-order valence-electron chi connectivity index (χ2n) is 7.25. The molecule has 2 amide bonds. The minimum absolute atomic E-state index is 0.0302. The van der Waals surface area contributed by atoms with Crippen LogP contribution in [0.15, 0.2) is 48.5 Å². The molecule has 1 saturated heterocycles. The van der Waals surface area contributed by atoms with Gasteiger partial charge in [-0.25, -0.2) is 4.39 Å². The molecule has 0 spiro atoms. The van der Waals surface area contributed by atoms with Crippen LogP contribution in [0.1, 0.15) is 37.3 Å². The molecule has 4 nitrogen and oxygen atoms in total. The Morgan fingerprint density at radius 3 is 2.63 bits per heavy atom. The average molecular weight is 368 g/mol. The number of nitrogens with zero attached hydrogens (tertiary/aromatic N) is 1. The number of anilines is 1. The topological polar surface area (TPSA) is 49.4 Å². The number of rotatable bonds is 6. The highest BCUT2D eigenvalue weighted by Crippen LogP contribution is 2.32. The van der Waals surface area contributed by atoms with Crippen LogP contribution < -0.4 is 10.2 Å². The van der Waals surface area contributed by atoms with E-state index in [0.717, 1.165) is 11.3 Å². The molecular weight excluding hydrogens is 343 g/mol. The highest BCUT2D eigenvalue weighted by Gasteiger charge is 2.35. The maximum Gasteiger partial charge on any atom is 0.227 e. The first-order chi connectivity index (χ1) is 13.0. The zero-order valence-corrected chi connectivity index (χ0v) is 15.7. The van der Waals surface area contributed by atoms with Gasteiger partial charge in [0, 0.05) is 25.2 Å². The smallest absolute Gasteiger partial charge is 0.227 e. The molecule has 1 atom stereocenters. The highest BCUT2D eigenvalue weighted by molar-refractivity contribution is 6.00. The van der Waals surface area contributed by atoms with Crippen LogP contribution in [0, 0.1) is 11.7 Å². The van der Waals surface area contributed by atoms with Gasteiger partial charge in [-0.1, -0.05) is 50.2 Å². The van der Waals surface area contributed by atoms with E-state index in [4.69, 9.17) is 0 Å². The van der Waals surface area contributed by atoms with Gasteiger partial charge in [0.1, 0.15) is 5.82 Å². The van der Waals surface area contributed by atoms with Gasteiger partial charge in [-0.05, 0) is 35.6 Å². The second kappa shape index (κ2) is 8.33. The number of hydrogen-bond acceptors (Lipinski definition) is 2. The molecule has 1 aliphatic rings. The molecular formula is C22H25FN2O2. The first-order valence-electron chi connectivity index (χ1n) is 9.37. The molecule has 0 saturated carbocycles. The van der Waals surface area contributed by atoms with Gasteiger partial charge in [-0.15, -0.1) is 0 Å². The Kier molecular flexibility index (Phi) is 5.89. The molecule has 1 N–H and O–H groups in total. The molecule has 1 fully saturated rings. The van der Waals surface area contributed by atoms with Crippen molar-refractivity contribution in [2.45, 2.75) is 32.6 Å². The van der Waals surface area contributed by atoms with E-state index in [-0.39, 0.29) is 30.0 Å². The lowest BCUT2D eigenvalue weighted by Gasteiger charge is -2.22. The first-order valence-corrected chi connectivity index (χ1v) is 9.37. The van der Waals surface area contributed by atoms with Gasteiger partial charge in [0.2, 0.25) is 11.8 Å². The third-order valence-electron chi connectivity index (χ3n) is 5.00. The normalized spacial score (nSPS) is 16.8. The van der Waals surface area contributed by atoms with Gasteiger partial charge >= 0.3 is 0 Å². The van der Waals surface area contributed by atoms with Crippen molar-refractivity contribution in [1.29, 1.82) is 0 Å². The molecule has 0 radical (unpaired) electrons. The van der Waals surface area contributed by atoms with Crippen LogP contribution in [0.2, 0.25) is 0 Å². The minimum atomic E-state index is -0.377. The van der Waals surface area contributed by atoms with E-state index in [0.29, 0.717) is 31.0 Å². The largest absolute Gasteiger partial charge is 0.355 e. The van der Waals surface area contributed by atoms with E-state index in [2.05, 4.69) is 19.2 Å². The molecule has 0 bridgehead atoms. The van der Waals surface area contributed by atoms with E-state index in [1.807, 2.05) is 24.3 Å². The van der Waals surface area contributed by atoms with Crippen molar-refractivity contribution in [1.82, 2.24) is 5.32 Å². The number of amides is 2. The van der Waals surface area contributed by atoms with Gasteiger partial charge in [0.15, 0.2) is 0 Å². The summed E-state index contributed by atoms with van der Waals surface area (Å²) in [7, 11) is 0. The van der Waals surface area contributed by atoms with Gasteiger partial charge in [0.05, 0.1) is 5.92 Å². The highest BCUT2D eigenvalue weighted by atomic mass is 19.1. The van der Waals surface area contributed by atoms with Crippen LogP contribution in [-0.2, 0) is 16.0 Å². The fourth-order valence-corrected chi connectivity index (χ4v) is 3.50. The Labute approximate surface area is 159 Å². The summed E-state index contributed by atoms with van der Waals surface area (Å²) < 4.78 is 13.6. The summed E-state index contributed by atoms with van der Waals surface area (Å²) in [5.41, 5.74) is 2.57. The lowest BCUT2D eigenvalue weighted by atomic mass is 10.0. The lowest BCUT2D eigenvalue weighted by molar-refractivity contribution is -0.126. The van der Waals surface area contributed by atoms with Crippen LogP contribution >= 0.6 is 0 Å². The lowest BCUT2D eigenvalue weighted by Crippen LogP contribution is -2.34. The summed E-state index contributed by atoms with van der Waals surface area (Å²) in [6, 6.07) is 14.4. The third kappa shape index (κ3) is 4.35. The number of carbonyl (C=O) groups excluding carboxylic acids is 2. The van der Waals surface area contributed by atoms with Gasteiger partial charge in [-0.3, -0.25) is 9.59 Å². The van der Waals surface area contributed by atoms with E-state index in [1.54, 1.807) is 23.1 Å². The van der Waals surface area contributed by atoms with Crippen molar-refractivity contribution >= 4 is 17.5 Å². The fourth-order valence-electron chi connectivity index (χ4n) is 3.50. The first kappa shape index (κ1) is 19.1. The number of nitrogens with one attached hydrogen (secondary N) is 1. The van der Waals surface area contributed by atoms with Crippen molar-refractivity contribution in [2.75, 3.05) is 18.0 Å². The van der Waals surface area contributed by atoms with Gasteiger partial charge in [-0.2, -0.15) is 0 Å². The third-order valence-corrected chi connectivity index (χ3v) is 5.00. The predicted molar refractivity (Wildman–Crippen MR) is 104 cm³/mol. The van der Waals surface area contributed by atoms with E-state index >= 15 is 0 Å². The summed E-state index contributed by atoms with van der Waals surface area (Å²) >= 11 is 0. The molecule has 2 aromatic rings. The molecule has 5 heteroatoms. The Balaban J connectivity index is 1.60. The van der Waals surface area contributed by atoms with Crippen LogP contribution in [0.3, 0.4) is 0 Å². The number of para-hydroxylation sites is 1. The number of halogens is 1. The van der Waals surface area contributed by atoms with E-state index in [9.17, 15) is 14.0 Å². The zero-order valence-electron chi connectivity index (χ0n) is 15.7. The summed E-state index contributed by atoms with van der Waals surface area (Å²) in [5, 5.41) is 2.85. The van der Waals surface area contributed by atoms with Gasteiger partial charge < -0.3 is 10.2 Å². The maximum atomic E-state index is 13.6. The Hall–Kier alpha value is -2.69. The van der Waals surface area contributed by atoms with E-state index < -0.39 is 0 Å². The molecule has 0 aliphatic carbocycles. The number of carbonyl (C=O) groups is 2. The Bertz CT molecular complexity index is 835. The molecule has 1 aliphatic heterocycles. The summed E-state index contributed by atoms with van der Waals surface area (Å²) in [4.78, 5) is 26.7. The van der Waals surface area contributed by atoms with Crippen molar-refractivity contribution in [3.63, 3.8) is 0 Å². The zero-order chi connectivity index (χ0) is 19.4. The van der Waals surface area contributed by atoms with Crippen molar-refractivity contribution in [2.24, 2.45) is 5.92 Å². The van der Waals surface area contributed by atoms with Crippen LogP contribution in [0.25, 0.3) is 0 Å². The Morgan fingerprint density at radius 1 is 1.19 bits per heavy atom. The molecule has 1 heterocycles.